The van der Waals surface area contributed by atoms with Crippen LogP contribution in [0.15, 0.2) is 23.1 Å². The molecule has 1 aromatic carbocycles. The summed E-state index contributed by atoms with van der Waals surface area (Å²) in [5.74, 6) is 0. The molecule has 0 radical (unpaired) electrons. The van der Waals surface area contributed by atoms with Crippen molar-refractivity contribution in [3.05, 3.63) is 29.3 Å². The molecule has 0 saturated heterocycles. The van der Waals surface area contributed by atoms with Gasteiger partial charge in [-0.2, -0.15) is 0 Å². The van der Waals surface area contributed by atoms with Crippen molar-refractivity contribution in [2.45, 2.75) is 18.2 Å². The largest absolute Gasteiger partial charge is 0.237 e. The van der Waals surface area contributed by atoms with Gasteiger partial charge in [-0.05, 0) is 30.5 Å². The molecule has 2 nitrogen and oxygen atoms in total. The van der Waals surface area contributed by atoms with Crippen LogP contribution in [0.3, 0.4) is 0 Å². The normalized spacial score (nSPS) is 21.9. The highest BCUT2D eigenvalue weighted by Crippen LogP contribution is 2.18. The predicted molar refractivity (Wildman–Crippen MR) is 49.3 cm³/mol. The van der Waals surface area contributed by atoms with Crippen LogP contribution in [0.4, 0.5) is 0 Å². The van der Waals surface area contributed by atoms with Crippen LogP contribution in [0.25, 0.3) is 0 Å². The standard InChI is InChI=1S/C9H11NOS/c1-7-2-3-8-4-5-10-12(11)9(8)6-7/h2-3,6,10H,4-5H2,1H3. The number of hydrogen-bond donors (Lipinski definition) is 1. The average Bonchev–Trinajstić information content (AvgIpc) is 2.07. The van der Waals surface area contributed by atoms with Crippen LogP contribution in [0.2, 0.25) is 0 Å². The van der Waals surface area contributed by atoms with Crippen molar-refractivity contribution in [1.82, 2.24) is 4.72 Å². The lowest BCUT2D eigenvalue weighted by Crippen LogP contribution is -2.26. The average molecular weight is 181 g/mol. The van der Waals surface area contributed by atoms with Gasteiger partial charge in [0.15, 0.2) is 0 Å². The molecule has 0 bridgehead atoms. The Morgan fingerprint density at radius 1 is 1.50 bits per heavy atom. The summed E-state index contributed by atoms with van der Waals surface area (Å²) >= 11 is 0. The number of nitrogens with one attached hydrogen (secondary N) is 1. The first-order valence-corrected chi connectivity index (χ1v) is 5.17. The SMILES string of the molecule is Cc1ccc2c(c1)S(=O)NCC2. The van der Waals surface area contributed by atoms with Gasteiger partial charge in [0.05, 0.1) is 4.90 Å². The number of rotatable bonds is 0. The number of fused-ring (bicyclic) bond motifs is 1. The van der Waals surface area contributed by atoms with Gasteiger partial charge in [0.2, 0.25) is 0 Å². The zero-order chi connectivity index (χ0) is 8.55. The molecule has 1 atom stereocenters. The van der Waals surface area contributed by atoms with E-state index in [1.165, 1.54) is 11.1 Å². The Labute approximate surface area is 74.6 Å². The van der Waals surface area contributed by atoms with Gasteiger partial charge in [-0.15, -0.1) is 0 Å². The molecule has 2 rings (SSSR count). The third kappa shape index (κ3) is 1.30. The quantitative estimate of drug-likeness (QED) is 0.639. The first-order valence-electron chi connectivity index (χ1n) is 4.02. The monoisotopic (exact) mass is 181 g/mol. The van der Waals surface area contributed by atoms with E-state index in [1.807, 2.05) is 13.0 Å². The molecule has 0 spiro atoms. The Kier molecular flexibility index (Phi) is 1.98. The minimum absolute atomic E-state index is 0.822. The van der Waals surface area contributed by atoms with Crippen LogP contribution in [-0.2, 0) is 17.4 Å². The van der Waals surface area contributed by atoms with E-state index in [2.05, 4.69) is 16.9 Å². The molecule has 1 unspecified atom stereocenters. The van der Waals surface area contributed by atoms with Crippen LogP contribution in [0, 0.1) is 6.92 Å². The van der Waals surface area contributed by atoms with Crippen molar-refractivity contribution in [2.75, 3.05) is 6.54 Å². The maximum absolute atomic E-state index is 11.4. The van der Waals surface area contributed by atoms with Gasteiger partial charge in [-0.3, -0.25) is 0 Å². The van der Waals surface area contributed by atoms with Crippen LogP contribution in [0.1, 0.15) is 11.1 Å². The summed E-state index contributed by atoms with van der Waals surface area (Å²) in [7, 11) is -0.975. The molecule has 0 saturated carbocycles. The van der Waals surface area contributed by atoms with Gasteiger partial charge < -0.3 is 0 Å². The molecule has 64 valence electrons. The summed E-state index contributed by atoms with van der Waals surface area (Å²) in [5.41, 5.74) is 2.39. The van der Waals surface area contributed by atoms with E-state index in [0.29, 0.717) is 0 Å². The van der Waals surface area contributed by atoms with E-state index in [4.69, 9.17) is 0 Å². The highest BCUT2D eigenvalue weighted by molar-refractivity contribution is 7.83. The lowest BCUT2D eigenvalue weighted by Gasteiger charge is -2.15. The van der Waals surface area contributed by atoms with Crippen molar-refractivity contribution < 1.29 is 4.21 Å². The molecule has 0 aromatic heterocycles. The Bertz CT molecular complexity index is 335. The molecular formula is C9H11NOS. The van der Waals surface area contributed by atoms with E-state index < -0.39 is 11.0 Å². The minimum Gasteiger partial charge on any atom is -0.237 e. The summed E-state index contributed by atoms with van der Waals surface area (Å²) in [6, 6.07) is 6.14. The van der Waals surface area contributed by atoms with Crippen molar-refractivity contribution in [3.8, 4) is 0 Å². The second kappa shape index (κ2) is 2.99. The van der Waals surface area contributed by atoms with Crippen LogP contribution in [0.5, 0.6) is 0 Å². The zero-order valence-electron chi connectivity index (χ0n) is 6.96. The molecule has 12 heavy (non-hydrogen) atoms. The van der Waals surface area contributed by atoms with E-state index in [-0.39, 0.29) is 0 Å². The van der Waals surface area contributed by atoms with E-state index in [1.54, 1.807) is 0 Å². The fourth-order valence-electron chi connectivity index (χ4n) is 1.40. The molecule has 0 fully saturated rings. The molecule has 0 aliphatic carbocycles. The Balaban J connectivity index is 2.54. The van der Waals surface area contributed by atoms with E-state index in [0.717, 1.165) is 17.9 Å². The third-order valence-corrected chi connectivity index (χ3v) is 3.30. The fraction of sp³-hybridized carbons (Fsp3) is 0.333. The van der Waals surface area contributed by atoms with Gasteiger partial charge >= 0.3 is 0 Å². The maximum atomic E-state index is 11.4. The maximum Gasteiger partial charge on any atom is 0.125 e. The lowest BCUT2D eigenvalue weighted by atomic mass is 10.1. The molecule has 1 aliphatic rings. The molecule has 1 aliphatic heterocycles. The summed E-state index contributed by atoms with van der Waals surface area (Å²) in [4.78, 5) is 0.959. The van der Waals surface area contributed by atoms with E-state index in [9.17, 15) is 4.21 Å². The van der Waals surface area contributed by atoms with Gasteiger partial charge in [-0.1, -0.05) is 12.1 Å². The van der Waals surface area contributed by atoms with Crippen molar-refractivity contribution in [3.63, 3.8) is 0 Å². The van der Waals surface area contributed by atoms with Crippen LogP contribution >= 0.6 is 0 Å². The van der Waals surface area contributed by atoms with Crippen molar-refractivity contribution in [1.29, 1.82) is 0 Å². The van der Waals surface area contributed by atoms with Crippen LogP contribution < -0.4 is 4.72 Å². The highest BCUT2D eigenvalue weighted by atomic mass is 32.2. The third-order valence-electron chi connectivity index (χ3n) is 2.05. The van der Waals surface area contributed by atoms with Gasteiger partial charge in [0.1, 0.15) is 11.0 Å². The first kappa shape index (κ1) is 7.95. The fourth-order valence-corrected chi connectivity index (χ4v) is 2.54. The Hall–Kier alpha value is -0.670. The molecule has 1 heterocycles. The zero-order valence-corrected chi connectivity index (χ0v) is 7.78. The molecular weight excluding hydrogens is 170 g/mol. The Morgan fingerprint density at radius 2 is 2.33 bits per heavy atom. The van der Waals surface area contributed by atoms with Gasteiger partial charge in [0, 0.05) is 6.54 Å². The minimum atomic E-state index is -0.975. The molecule has 1 N–H and O–H groups in total. The van der Waals surface area contributed by atoms with Crippen LogP contribution in [-0.4, -0.2) is 10.8 Å². The summed E-state index contributed by atoms with van der Waals surface area (Å²) in [6.07, 6.45) is 0.987. The molecule has 0 amide bonds. The number of aryl methyl sites for hydroxylation is 1. The summed E-state index contributed by atoms with van der Waals surface area (Å²) in [6.45, 7) is 2.84. The van der Waals surface area contributed by atoms with E-state index >= 15 is 0 Å². The summed E-state index contributed by atoms with van der Waals surface area (Å²) in [5, 5.41) is 0. The second-order valence-electron chi connectivity index (χ2n) is 3.02. The number of hydrogen-bond acceptors (Lipinski definition) is 1. The smallest absolute Gasteiger partial charge is 0.125 e. The molecule has 3 heteroatoms. The topological polar surface area (TPSA) is 29.1 Å². The second-order valence-corrected chi connectivity index (χ2v) is 4.29. The highest BCUT2D eigenvalue weighted by Gasteiger charge is 2.14. The van der Waals surface area contributed by atoms with Gasteiger partial charge in [-0.25, -0.2) is 8.93 Å². The Morgan fingerprint density at radius 3 is 3.17 bits per heavy atom. The van der Waals surface area contributed by atoms with Gasteiger partial charge in [0.25, 0.3) is 0 Å². The van der Waals surface area contributed by atoms with Crippen molar-refractivity contribution >= 4 is 11.0 Å². The summed E-state index contributed by atoms with van der Waals surface area (Å²) < 4.78 is 14.4. The molecule has 1 aromatic rings. The lowest BCUT2D eigenvalue weighted by molar-refractivity contribution is 0.663. The van der Waals surface area contributed by atoms with Crippen molar-refractivity contribution in [2.24, 2.45) is 0 Å². The first-order chi connectivity index (χ1) is 5.77. The predicted octanol–water partition coefficient (Wildman–Crippen LogP) is 1.16. The number of benzene rings is 1.